The van der Waals surface area contributed by atoms with Gasteiger partial charge in [-0.15, -0.1) is 0 Å². The molecule has 0 radical (unpaired) electrons. The minimum absolute atomic E-state index is 0.0208. The van der Waals surface area contributed by atoms with Crippen LogP contribution < -0.4 is 4.74 Å². The van der Waals surface area contributed by atoms with Crippen molar-refractivity contribution in [3.63, 3.8) is 0 Å². The highest BCUT2D eigenvalue weighted by atomic mass is 35.5. The van der Waals surface area contributed by atoms with Gasteiger partial charge in [0.15, 0.2) is 0 Å². The molecule has 0 spiro atoms. The molecule has 0 saturated carbocycles. The number of nitro benzene ring substituents is 1. The molecule has 21 heavy (non-hydrogen) atoms. The number of hydrogen-bond acceptors (Lipinski definition) is 4. The normalized spacial score (nSPS) is 10.2. The monoisotopic (exact) mass is 325 g/mol. The molecule has 0 bridgehead atoms. The molecule has 0 unspecified atom stereocenters. The fraction of sp³-hybridized carbons (Fsp3) is 0.0714. The van der Waals surface area contributed by atoms with Gasteiger partial charge in [0.1, 0.15) is 5.75 Å². The quantitative estimate of drug-likeness (QED) is 0.368. The van der Waals surface area contributed by atoms with E-state index in [0.717, 1.165) is 0 Å². The largest absolute Gasteiger partial charge is 0.426 e. The van der Waals surface area contributed by atoms with Gasteiger partial charge in [-0.2, -0.15) is 0 Å². The number of carbonyl (C=O) groups is 1. The Bertz CT molecular complexity index is 686. The smallest absolute Gasteiger partial charge is 0.315 e. The summed E-state index contributed by atoms with van der Waals surface area (Å²) in [7, 11) is 0. The molecule has 108 valence electrons. The van der Waals surface area contributed by atoms with Crippen LogP contribution in [0.1, 0.15) is 5.56 Å². The zero-order valence-electron chi connectivity index (χ0n) is 10.6. The van der Waals surface area contributed by atoms with Gasteiger partial charge in [0.05, 0.1) is 11.3 Å². The molecule has 0 amide bonds. The fourth-order valence-corrected chi connectivity index (χ4v) is 2.10. The van der Waals surface area contributed by atoms with Crippen molar-refractivity contribution in [2.24, 2.45) is 0 Å². The summed E-state index contributed by atoms with van der Waals surface area (Å²) < 4.78 is 5.09. The molecule has 0 heterocycles. The Hall–Kier alpha value is -2.11. The van der Waals surface area contributed by atoms with Gasteiger partial charge in [0.2, 0.25) is 0 Å². The molecule has 7 heteroatoms. The third-order valence-electron chi connectivity index (χ3n) is 2.63. The van der Waals surface area contributed by atoms with Crippen LogP contribution in [0.2, 0.25) is 10.0 Å². The number of benzene rings is 2. The number of nitro groups is 1. The predicted octanol–water partition coefficient (Wildman–Crippen LogP) is 4.05. The van der Waals surface area contributed by atoms with Crippen LogP contribution in [0.3, 0.4) is 0 Å². The molecule has 0 atom stereocenters. The van der Waals surface area contributed by atoms with Gasteiger partial charge < -0.3 is 4.74 Å². The highest BCUT2D eigenvalue weighted by Crippen LogP contribution is 2.22. The Morgan fingerprint density at radius 1 is 1.14 bits per heavy atom. The molecule has 5 nitrogen and oxygen atoms in total. The van der Waals surface area contributed by atoms with Crippen LogP contribution in [0.15, 0.2) is 42.5 Å². The summed E-state index contributed by atoms with van der Waals surface area (Å²) in [4.78, 5) is 21.8. The Morgan fingerprint density at radius 3 is 2.38 bits per heavy atom. The summed E-state index contributed by atoms with van der Waals surface area (Å²) in [5, 5.41) is 11.4. The maximum Gasteiger partial charge on any atom is 0.315 e. The summed E-state index contributed by atoms with van der Waals surface area (Å²) in [5.41, 5.74) is 0.517. The van der Waals surface area contributed by atoms with Crippen molar-refractivity contribution in [3.8, 4) is 5.75 Å². The van der Waals surface area contributed by atoms with Crippen LogP contribution in [0.25, 0.3) is 0 Å². The van der Waals surface area contributed by atoms with E-state index in [2.05, 4.69) is 0 Å². The fourth-order valence-electron chi connectivity index (χ4n) is 1.62. The van der Waals surface area contributed by atoms with E-state index in [-0.39, 0.29) is 17.9 Å². The summed E-state index contributed by atoms with van der Waals surface area (Å²) in [6, 6.07) is 10.1. The average Bonchev–Trinajstić information content (AvgIpc) is 2.42. The summed E-state index contributed by atoms with van der Waals surface area (Å²) in [5.74, 6) is -0.288. The lowest BCUT2D eigenvalue weighted by Crippen LogP contribution is -2.11. The molecule has 2 rings (SSSR count). The van der Waals surface area contributed by atoms with Gasteiger partial charge in [-0.3, -0.25) is 14.9 Å². The first kappa shape index (κ1) is 15.3. The van der Waals surface area contributed by atoms with Crippen molar-refractivity contribution in [2.75, 3.05) is 0 Å². The van der Waals surface area contributed by atoms with Crippen molar-refractivity contribution >= 4 is 34.9 Å². The van der Waals surface area contributed by atoms with Crippen LogP contribution >= 0.6 is 23.2 Å². The second-order valence-electron chi connectivity index (χ2n) is 4.14. The second kappa shape index (κ2) is 6.56. The van der Waals surface area contributed by atoms with Crippen LogP contribution in [0.4, 0.5) is 5.69 Å². The number of carbonyl (C=O) groups excluding carboxylic acids is 1. The number of halogens is 2. The van der Waals surface area contributed by atoms with Crippen molar-refractivity contribution in [1.29, 1.82) is 0 Å². The first-order valence-corrected chi connectivity index (χ1v) is 6.60. The first-order valence-electron chi connectivity index (χ1n) is 5.85. The topological polar surface area (TPSA) is 69.4 Å². The number of non-ortho nitro benzene ring substituents is 1. The molecule has 0 aliphatic heterocycles. The third-order valence-corrected chi connectivity index (χ3v) is 3.22. The molecule has 2 aromatic carbocycles. The zero-order valence-corrected chi connectivity index (χ0v) is 12.1. The Morgan fingerprint density at radius 2 is 1.81 bits per heavy atom. The standard InChI is InChI=1S/C14H9Cl2NO4/c15-10-2-1-9(13(16)8-10)7-14(18)21-12-5-3-11(4-6-12)17(19)20/h1-6,8H,7H2. The lowest BCUT2D eigenvalue weighted by molar-refractivity contribution is -0.384. The number of ether oxygens (including phenoxy) is 1. The molecule has 0 aromatic heterocycles. The number of rotatable bonds is 4. The minimum Gasteiger partial charge on any atom is -0.426 e. The van der Waals surface area contributed by atoms with E-state index < -0.39 is 10.9 Å². The highest BCUT2D eigenvalue weighted by molar-refractivity contribution is 6.35. The Labute approximate surface area is 130 Å². The van der Waals surface area contributed by atoms with Gasteiger partial charge in [-0.25, -0.2) is 0 Å². The van der Waals surface area contributed by atoms with E-state index in [9.17, 15) is 14.9 Å². The zero-order chi connectivity index (χ0) is 15.4. The molecule has 0 aliphatic carbocycles. The lowest BCUT2D eigenvalue weighted by Gasteiger charge is -2.06. The summed E-state index contributed by atoms with van der Waals surface area (Å²) >= 11 is 11.7. The lowest BCUT2D eigenvalue weighted by atomic mass is 10.1. The summed E-state index contributed by atoms with van der Waals surface area (Å²) in [6.07, 6.45) is -0.0208. The molecular weight excluding hydrogens is 317 g/mol. The molecule has 0 fully saturated rings. The van der Waals surface area contributed by atoms with Gasteiger partial charge >= 0.3 is 5.97 Å². The van der Waals surface area contributed by atoms with Crippen LogP contribution in [-0.4, -0.2) is 10.9 Å². The highest BCUT2D eigenvalue weighted by Gasteiger charge is 2.11. The van der Waals surface area contributed by atoms with Crippen LogP contribution in [0.5, 0.6) is 5.75 Å². The summed E-state index contributed by atoms with van der Waals surface area (Å²) in [6.45, 7) is 0. The molecule has 0 N–H and O–H groups in total. The second-order valence-corrected chi connectivity index (χ2v) is 4.98. The molecule has 2 aromatic rings. The number of hydrogen-bond donors (Lipinski definition) is 0. The maximum absolute atomic E-state index is 11.8. The van der Waals surface area contributed by atoms with Gasteiger partial charge in [0, 0.05) is 22.2 Å². The number of nitrogens with zero attached hydrogens (tertiary/aromatic N) is 1. The first-order chi connectivity index (χ1) is 9.95. The van der Waals surface area contributed by atoms with E-state index in [1.54, 1.807) is 12.1 Å². The minimum atomic E-state index is -0.529. The van der Waals surface area contributed by atoms with Crippen LogP contribution in [-0.2, 0) is 11.2 Å². The van der Waals surface area contributed by atoms with Crippen molar-refractivity contribution in [3.05, 3.63) is 68.2 Å². The van der Waals surface area contributed by atoms with Crippen molar-refractivity contribution in [1.82, 2.24) is 0 Å². The number of esters is 1. The molecule has 0 aliphatic rings. The van der Waals surface area contributed by atoms with E-state index in [4.69, 9.17) is 27.9 Å². The molecular formula is C14H9Cl2NO4. The average molecular weight is 326 g/mol. The van der Waals surface area contributed by atoms with E-state index >= 15 is 0 Å². The van der Waals surface area contributed by atoms with Gasteiger partial charge in [-0.1, -0.05) is 29.3 Å². The maximum atomic E-state index is 11.8. The van der Waals surface area contributed by atoms with E-state index in [0.29, 0.717) is 15.6 Å². The van der Waals surface area contributed by atoms with E-state index in [1.165, 1.54) is 30.3 Å². The predicted molar refractivity (Wildman–Crippen MR) is 78.9 cm³/mol. The van der Waals surface area contributed by atoms with Crippen molar-refractivity contribution < 1.29 is 14.5 Å². The third kappa shape index (κ3) is 4.18. The Balaban J connectivity index is 2.02. The van der Waals surface area contributed by atoms with E-state index in [1.807, 2.05) is 0 Å². The van der Waals surface area contributed by atoms with Gasteiger partial charge in [0.25, 0.3) is 5.69 Å². The SMILES string of the molecule is O=C(Cc1ccc(Cl)cc1Cl)Oc1ccc([N+](=O)[O-])cc1. The van der Waals surface area contributed by atoms with Crippen molar-refractivity contribution in [2.45, 2.75) is 6.42 Å². The molecule has 0 saturated heterocycles. The van der Waals surface area contributed by atoms with Gasteiger partial charge in [-0.05, 0) is 29.8 Å². The Kier molecular flexibility index (Phi) is 4.77. The van der Waals surface area contributed by atoms with Crippen LogP contribution in [0, 0.1) is 10.1 Å².